The van der Waals surface area contributed by atoms with Gasteiger partial charge in [0.1, 0.15) is 13.1 Å². The van der Waals surface area contributed by atoms with Crippen LogP contribution in [0.1, 0.15) is 207 Å². The van der Waals surface area contributed by atoms with Crippen LogP contribution in [0.4, 0.5) is 0 Å². The molecule has 0 amide bonds. The Labute approximate surface area is 351 Å². The second-order valence-corrected chi connectivity index (χ2v) is 17.1. The van der Waals surface area contributed by atoms with Gasteiger partial charge in [0, 0.05) is 11.1 Å². The minimum Gasteiger partial charge on any atom is -1.00 e. The van der Waals surface area contributed by atoms with Crippen molar-refractivity contribution in [3.63, 3.8) is 0 Å². The molecule has 314 valence electrons. The third kappa shape index (κ3) is 22.6. The van der Waals surface area contributed by atoms with E-state index in [2.05, 4.69) is 90.1 Å². The highest BCUT2D eigenvalue weighted by Crippen LogP contribution is 2.27. The molecular weight excluding hydrogens is 699 g/mol. The SMILES string of the molecule is CCCCCC[N+](CCCCCC)(CCCCCC)Cc1ccc(-c2ccc(C[N+](CCCCCC)(CCCCCC)CCCCCC)cc2)cc1.[Cl-].[Cl-]. The van der Waals surface area contributed by atoms with Crippen molar-refractivity contribution in [3.8, 4) is 11.1 Å². The van der Waals surface area contributed by atoms with Crippen LogP contribution in [-0.2, 0) is 13.1 Å². The van der Waals surface area contributed by atoms with Gasteiger partial charge in [-0.15, -0.1) is 0 Å². The van der Waals surface area contributed by atoms with E-state index in [4.69, 9.17) is 0 Å². The summed E-state index contributed by atoms with van der Waals surface area (Å²) in [5.74, 6) is 0. The van der Waals surface area contributed by atoms with Gasteiger partial charge in [0.15, 0.2) is 0 Å². The highest BCUT2D eigenvalue weighted by molar-refractivity contribution is 5.63. The summed E-state index contributed by atoms with van der Waals surface area (Å²) in [6.45, 7) is 24.6. The lowest BCUT2D eigenvalue weighted by atomic mass is 10.0. The molecule has 2 nitrogen and oxygen atoms in total. The smallest absolute Gasteiger partial charge is 0.104 e. The first-order chi connectivity index (χ1) is 25.5. The zero-order valence-corrected chi connectivity index (χ0v) is 38.4. The molecule has 2 rings (SSSR count). The minimum atomic E-state index is 0. The molecule has 0 fully saturated rings. The minimum absolute atomic E-state index is 0. The van der Waals surface area contributed by atoms with Gasteiger partial charge in [0.2, 0.25) is 0 Å². The number of unbranched alkanes of at least 4 members (excludes halogenated alkanes) is 18. The quantitative estimate of drug-likeness (QED) is 0.0483. The molecule has 0 saturated heterocycles. The molecule has 0 saturated carbocycles. The predicted octanol–water partition coefficient (Wildman–Crippen LogP) is 9.48. The van der Waals surface area contributed by atoms with E-state index in [9.17, 15) is 0 Å². The normalized spacial score (nSPS) is 11.7. The third-order valence-corrected chi connectivity index (χ3v) is 12.2. The van der Waals surface area contributed by atoms with E-state index in [0.717, 1.165) is 0 Å². The Bertz CT molecular complexity index is 933. The molecule has 4 heteroatoms. The van der Waals surface area contributed by atoms with Crippen molar-refractivity contribution in [2.24, 2.45) is 0 Å². The van der Waals surface area contributed by atoms with E-state index in [-0.39, 0.29) is 24.8 Å². The molecule has 2 aromatic carbocycles. The molecule has 0 aromatic heterocycles. The highest BCUT2D eigenvalue weighted by atomic mass is 35.5. The van der Waals surface area contributed by atoms with Crippen LogP contribution >= 0.6 is 0 Å². The van der Waals surface area contributed by atoms with Crippen molar-refractivity contribution < 1.29 is 33.8 Å². The first kappa shape index (κ1) is 52.9. The van der Waals surface area contributed by atoms with Gasteiger partial charge in [-0.05, 0) is 88.2 Å². The summed E-state index contributed by atoms with van der Waals surface area (Å²) in [7, 11) is 0. The lowest BCUT2D eigenvalue weighted by Gasteiger charge is -2.40. The average Bonchev–Trinajstić information content (AvgIpc) is 3.16. The standard InChI is InChI=1S/C50H90N2.2ClH/c1-7-13-19-25-39-51(40-26-20-14-8-2,41-27-21-15-9-3)45-47-31-35-49(36-32-47)50-37-33-48(34-38-50)46-52(42-28-22-16-10-4,43-29-23-17-11-5)44-30-24-18-12-6;;/h31-38H,7-30,39-46H2,1-6H3;2*1H/q+2;;/p-2. The van der Waals surface area contributed by atoms with Crippen molar-refractivity contribution in [1.29, 1.82) is 0 Å². The lowest BCUT2D eigenvalue weighted by Crippen LogP contribution is -3.00. The van der Waals surface area contributed by atoms with Gasteiger partial charge in [-0.3, -0.25) is 0 Å². The molecule has 0 heterocycles. The maximum atomic E-state index is 2.48. The second kappa shape index (κ2) is 34.0. The molecule has 0 unspecified atom stereocenters. The van der Waals surface area contributed by atoms with Gasteiger partial charge >= 0.3 is 0 Å². The first-order valence-corrected chi connectivity index (χ1v) is 23.4. The van der Waals surface area contributed by atoms with E-state index in [1.807, 2.05) is 0 Å². The maximum absolute atomic E-state index is 2.48. The first-order valence-electron chi connectivity index (χ1n) is 23.4. The van der Waals surface area contributed by atoms with Crippen molar-refractivity contribution in [2.45, 2.75) is 209 Å². The van der Waals surface area contributed by atoms with Crippen molar-refractivity contribution >= 4 is 0 Å². The van der Waals surface area contributed by atoms with Gasteiger partial charge in [-0.2, -0.15) is 0 Å². The van der Waals surface area contributed by atoms with Crippen LogP contribution < -0.4 is 24.8 Å². The number of hydrogen-bond acceptors (Lipinski definition) is 0. The molecule has 0 radical (unpaired) electrons. The second-order valence-electron chi connectivity index (χ2n) is 17.1. The van der Waals surface area contributed by atoms with Gasteiger partial charge in [0.05, 0.1) is 39.3 Å². The number of quaternary nitrogens is 2. The van der Waals surface area contributed by atoms with E-state index >= 15 is 0 Å². The molecule has 0 aliphatic heterocycles. The largest absolute Gasteiger partial charge is 1.00 e. The number of rotatable bonds is 35. The van der Waals surface area contributed by atoms with Crippen LogP contribution in [0.25, 0.3) is 11.1 Å². The molecular formula is C50H90Cl2N2. The lowest BCUT2D eigenvalue weighted by molar-refractivity contribution is -0.941. The molecule has 0 atom stereocenters. The zero-order chi connectivity index (χ0) is 37.6. The Morgan fingerprint density at radius 2 is 0.481 bits per heavy atom. The molecule has 0 aliphatic rings. The number of halogens is 2. The average molecular weight is 790 g/mol. The van der Waals surface area contributed by atoms with Crippen LogP contribution in [0.15, 0.2) is 48.5 Å². The molecule has 0 spiro atoms. The Hall–Kier alpha value is -1.06. The summed E-state index contributed by atoms with van der Waals surface area (Å²) >= 11 is 0. The fourth-order valence-corrected chi connectivity index (χ4v) is 8.77. The van der Waals surface area contributed by atoms with E-state index in [1.54, 1.807) is 0 Å². The van der Waals surface area contributed by atoms with Gasteiger partial charge in [0.25, 0.3) is 0 Å². The van der Waals surface area contributed by atoms with E-state index in [1.165, 1.54) is 238 Å². The van der Waals surface area contributed by atoms with Crippen LogP contribution in [0.5, 0.6) is 0 Å². The molecule has 0 bridgehead atoms. The number of nitrogens with zero attached hydrogens (tertiary/aromatic N) is 2. The van der Waals surface area contributed by atoms with E-state index in [0.29, 0.717) is 0 Å². The van der Waals surface area contributed by atoms with Crippen molar-refractivity contribution in [3.05, 3.63) is 59.7 Å². The van der Waals surface area contributed by atoms with E-state index < -0.39 is 0 Å². The summed E-state index contributed by atoms with van der Waals surface area (Å²) in [5.41, 5.74) is 5.83. The Morgan fingerprint density at radius 1 is 0.278 bits per heavy atom. The summed E-state index contributed by atoms with van der Waals surface area (Å²) in [4.78, 5) is 0. The van der Waals surface area contributed by atoms with Crippen LogP contribution in [-0.4, -0.2) is 48.2 Å². The van der Waals surface area contributed by atoms with Gasteiger partial charge in [-0.25, -0.2) is 0 Å². The van der Waals surface area contributed by atoms with Crippen LogP contribution in [0.3, 0.4) is 0 Å². The summed E-state index contributed by atoms with van der Waals surface area (Å²) in [6.07, 6.45) is 32.9. The van der Waals surface area contributed by atoms with Crippen LogP contribution in [0.2, 0.25) is 0 Å². The van der Waals surface area contributed by atoms with Crippen molar-refractivity contribution in [2.75, 3.05) is 39.3 Å². The zero-order valence-electron chi connectivity index (χ0n) is 36.9. The molecule has 54 heavy (non-hydrogen) atoms. The number of benzene rings is 2. The fraction of sp³-hybridized carbons (Fsp3) is 0.760. The fourth-order valence-electron chi connectivity index (χ4n) is 8.77. The van der Waals surface area contributed by atoms with Crippen LogP contribution in [0, 0.1) is 0 Å². The summed E-state index contributed by atoms with van der Waals surface area (Å²) < 4.78 is 2.61. The Morgan fingerprint density at radius 3 is 0.667 bits per heavy atom. The highest BCUT2D eigenvalue weighted by Gasteiger charge is 2.28. The summed E-state index contributed by atoms with van der Waals surface area (Å²) in [5, 5.41) is 0. The summed E-state index contributed by atoms with van der Waals surface area (Å²) in [6, 6.07) is 19.6. The molecule has 2 aromatic rings. The number of hydrogen-bond donors (Lipinski definition) is 0. The Kier molecular flexibility index (Phi) is 33.4. The molecule has 0 N–H and O–H groups in total. The van der Waals surface area contributed by atoms with Gasteiger partial charge in [-0.1, -0.05) is 167 Å². The van der Waals surface area contributed by atoms with Gasteiger partial charge < -0.3 is 33.8 Å². The third-order valence-electron chi connectivity index (χ3n) is 12.2. The topological polar surface area (TPSA) is 0 Å². The molecule has 0 aliphatic carbocycles. The predicted molar refractivity (Wildman–Crippen MR) is 234 cm³/mol. The Balaban J connectivity index is 0.0000140. The maximum Gasteiger partial charge on any atom is 0.104 e. The van der Waals surface area contributed by atoms with Crippen molar-refractivity contribution in [1.82, 2.24) is 0 Å². The monoisotopic (exact) mass is 789 g/mol.